The first-order chi connectivity index (χ1) is 11.8. The molecular formula is C17H26N2O5S. The highest BCUT2D eigenvalue weighted by Gasteiger charge is 2.17. The predicted octanol–water partition coefficient (Wildman–Crippen LogP) is 1.84. The standard InChI is InChI=1S/C17H26N2O5S/c1-4-6-11-18-16(20)12-24-17(21)14-7-9-15(10-8-14)25(22,23)19-13(3)5-2/h7-10,13,19H,4-6,11-12H2,1-3H3,(H,18,20). The molecule has 0 aliphatic rings. The minimum absolute atomic E-state index is 0.0710. The summed E-state index contributed by atoms with van der Waals surface area (Å²) in [6, 6.07) is 5.22. The number of rotatable bonds is 10. The molecule has 1 atom stereocenters. The van der Waals surface area contributed by atoms with Gasteiger partial charge in [-0.3, -0.25) is 4.79 Å². The number of nitrogens with one attached hydrogen (secondary N) is 2. The van der Waals surface area contributed by atoms with E-state index >= 15 is 0 Å². The van der Waals surface area contributed by atoms with E-state index in [0.717, 1.165) is 12.8 Å². The van der Waals surface area contributed by atoms with Crippen molar-refractivity contribution in [3.05, 3.63) is 29.8 Å². The maximum absolute atomic E-state index is 12.1. The molecule has 0 spiro atoms. The van der Waals surface area contributed by atoms with E-state index in [4.69, 9.17) is 4.74 Å². The summed E-state index contributed by atoms with van der Waals surface area (Å²) in [5, 5.41) is 2.64. The molecule has 8 heteroatoms. The van der Waals surface area contributed by atoms with Gasteiger partial charge in [-0.1, -0.05) is 20.3 Å². The zero-order valence-electron chi connectivity index (χ0n) is 14.9. The van der Waals surface area contributed by atoms with Crippen molar-refractivity contribution in [2.45, 2.75) is 51.0 Å². The smallest absolute Gasteiger partial charge is 0.338 e. The average Bonchev–Trinajstić information content (AvgIpc) is 2.59. The fourth-order valence-corrected chi connectivity index (χ4v) is 3.18. The van der Waals surface area contributed by atoms with Gasteiger partial charge in [0.25, 0.3) is 5.91 Å². The Labute approximate surface area is 149 Å². The third-order valence-corrected chi connectivity index (χ3v) is 5.16. The lowest BCUT2D eigenvalue weighted by Crippen LogP contribution is -2.32. The second kappa shape index (κ2) is 10.1. The molecular weight excluding hydrogens is 344 g/mol. The normalized spacial score (nSPS) is 12.4. The summed E-state index contributed by atoms with van der Waals surface area (Å²) in [5.74, 6) is -1.04. The molecule has 0 aromatic heterocycles. The lowest BCUT2D eigenvalue weighted by atomic mass is 10.2. The Morgan fingerprint density at radius 1 is 1.16 bits per heavy atom. The van der Waals surface area contributed by atoms with Gasteiger partial charge in [-0.05, 0) is 44.0 Å². The molecule has 1 unspecified atom stereocenters. The Bertz CT molecular complexity index is 671. The number of benzene rings is 1. The Morgan fingerprint density at radius 2 is 1.80 bits per heavy atom. The fourth-order valence-electron chi connectivity index (χ4n) is 1.86. The van der Waals surface area contributed by atoms with Crippen LogP contribution in [0.5, 0.6) is 0 Å². The Kier molecular flexibility index (Phi) is 8.57. The number of hydrogen-bond acceptors (Lipinski definition) is 5. The monoisotopic (exact) mass is 370 g/mol. The van der Waals surface area contributed by atoms with E-state index < -0.39 is 16.0 Å². The number of esters is 1. The van der Waals surface area contributed by atoms with Gasteiger partial charge >= 0.3 is 5.97 Å². The quantitative estimate of drug-likeness (QED) is 0.483. The highest BCUT2D eigenvalue weighted by molar-refractivity contribution is 7.89. The summed E-state index contributed by atoms with van der Waals surface area (Å²) < 4.78 is 31.7. The van der Waals surface area contributed by atoms with Crippen LogP contribution >= 0.6 is 0 Å². The van der Waals surface area contributed by atoms with Crippen molar-refractivity contribution in [1.29, 1.82) is 0 Å². The molecule has 140 valence electrons. The van der Waals surface area contributed by atoms with Gasteiger partial charge in [-0.25, -0.2) is 17.9 Å². The zero-order chi connectivity index (χ0) is 18.9. The lowest BCUT2D eigenvalue weighted by Gasteiger charge is -2.12. The van der Waals surface area contributed by atoms with Crippen LogP contribution in [0.15, 0.2) is 29.2 Å². The number of hydrogen-bond donors (Lipinski definition) is 2. The van der Waals surface area contributed by atoms with Crippen LogP contribution in [-0.2, 0) is 19.6 Å². The van der Waals surface area contributed by atoms with Crippen LogP contribution in [0.2, 0.25) is 0 Å². The molecule has 25 heavy (non-hydrogen) atoms. The molecule has 0 saturated carbocycles. The number of carbonyl (C=O) groups is 2. The van der Waals surface area contributed by atoms with Crippen molar-refractivity contribution in [2.24, 2.45) is 0 Å². The van der Waals surface area contributed by atoms with Gasteiger partial charge in [0.1, 0.15) is 0 Å². The zero-order valence-corrected chi connectivity index (χ0v) is 15.7. The van der Waals surface area contributed by atoms with Crippen LogP contribution in [0, 0.1) is 0 Å². The van der Waals surface area contributed by atoms with Crippen molar-refractivity contribution >= 4 is 21.9 Å². The number of unbranched alkanes of at least 4 members (excludes halogenated alkanes) is 1. The molecule has 0 heterocycles. The van der Waals surface area contributed by atoms with Crippen LogP contribution in [0.4, 0.5) is 0 Å². The molecule has 1 aromatic rings. The van der Waals surface area contributed by atoms with Gasteiger partial charge in [0, 0.05) is 12.6 Å². The van der Waals surface area contributed by atoms with Crippen molar-refractivity contribution < 1.29 is 22.7 Å². The molecule has 1 rings (SSSR count). The van der Waals surface area contributed by atoms with E-state index in [1.807, 2.05) is 13.8 Å². The molecule has 0 fully saturated rings. The van der Waals surface area contributed by atoms with Crippen LogP contribution in [-0.4, -0.2) is 39.5 Å². The van der Waals surface area contributed by atoms with Gasteiger partial charge < -0.3 is 10.1 Å². The summed E-state index contributed by atoms with van der Waals surface area (Å²) in [5.41, 5.74) is 0.184. The van der Waals surface area contributed by atoms with E-state index in [1.165, 1.54) is 24.3 Å². The first-order valence-electron chi connectivity index (χ1n) is 8.36. The molecule has 0 aliphatic heterocycles. The minimum atomic E-state index is -3.62. The molecule has 0 aliphatic carbocycles. The minimum Gasteiger partial charge on any atom is -0.452 e. The Hall–Kier alpha value is -1.93. The summed E-state index contributed by atoms with van der Waals surface area (Å²) in [6.07, 6.45) is 2.49. The largest absolute Gasteiger partial charge is 0.452 e. The van der Waals surface area contributed by atoms with Crippen molar-refractivity contribution in [3.8, 4) is 0 Å². The van der Waals surface area contributed by atoms with Gasteiger partial charge in [0.05, 0.1) is 10.5 Å². The van der Waals surface area contributed by atoms with E-state index in [0.29, 0.717) is 13.0 Å². The Balaban J connectivity index is 2.61. The maximum atomic E-state index is 12.1. The fraction of sp³-hybridized carbons (Fsp3) is 0.529. The van der Waals surface area contributed by atoms with E-state index in [9.17, 15) is 18.0 Å². The predicted molar refractivity (Wildman–Crippen MR) is 94.7 cm³/mol. The molecule has 0 bridgehead atoms. The SMILES string of the molecule is CCCCNC(=O)COC(=O)c1ccc(S(=O)(=O)NC(C)CC)cc1. The van der Waals surface area contributed by atoms with Gasteiger partial charge in [0.2, 0.25) is 10.0 Å². The Morgan fingerprint density at radius 3 is 2.36 bits per heavy atom. The third kappa shape index (κ3) is 7.23. The first-order valence-corrected chi connectivity index (χ1v) is 9.84. The molecule has 0 radical (unpaired) electrons. The summed E-state index contributed by atoms with van der Waals surface area (Å²) in [7, 11) is -3.62. The van der Waals surface area contributed by atoms with Gasteiger partial charge in [-0.2, -0.15) is 0 Å². The van der Waals surface area contributed by atoms with Gasteiger partial charge in [-0.15, -0.1) is 0 Å². The number of amides is 1. The maximum Gasteiger partial charge on any atom is 0.338 e. The number of ether oxygens (including phenoxy) is 1. The van der Waals surface area contributed by atoms with E-state index in [-0.39, 0.29) is 29.0 Å². The topological polar surface area (TPSA) is 102 Å². The summed E-state index contributed by atoms with van der Waals surface area (Å²) in [4.78, 5) is 23.5. The molecule has 0 saturated heterocycles. The van der Waals surface area contributed by atoms with Crippen molar-refractivity contribution in [1.82, 2.24) is 10.0 Å². The average molecular weight is 370 g/mol. The second-order valence-electron chi connectivity index (χ2n) is 5.73. The third-order valence-electron chi connectivity index (χ3n) is 3.56. The molecule has 7 nitrogen and oxygen atoms in total. The van der Waals surface area contributed by atoms with Gasteiger partial charge in [0.15, 0.2) is 6.61 Å². The van der Waals surface area contributed by atoms with Crippen molar-refractivity contribution in [2.75, 3.05) is 13.2 Å². The van der Waals surface area contributed by atoms with Crippen LogP contribution < -0.4 is 10.0 Å². The van der Waals surface area contributed by atoms with Crippen LogP contribution in [0.25, 0.3) is 0 Å². The molecule has 1 amide bonds. The second-order valence-corrected chi connectivity index (χ2v) is 7.45. The van der Waals surface area contributed by atoms with E-state index in [1.54, 1.807) is 6.92 Å². The van der Waals surface area contributed by atoms with Crippen molar-refractivity contribution in [3.63, 3.8) is 0 Å². The molecule has 1 aromatic carbocycles. The van der Waals surface area contributed by atoms with Crippen LogP contribution in [0.1, 0.15) is 50.4 Å². The molecule has 2 N–H and O–H groups in total. The lowest BCUT2D eigenvalue weighted by molar-refractivity contribution is -0.124. The summed E-state index contributed by atoms with van der Waals surface area (Å²) >= 11 is 0. The van der Waals surface area contributed by atoms with E-state index in [2.05, 4.69) is 10.0 Å². The first kappa shape index (κ1) is 21.1. The highest BCUT2D eigenvalue weighted by atomic mass is 32.2. The highest BCUT2D eigenvalue weighted by Crippen LogP contribution is 2.12. The number of carbonyl (C=O) groups excluding carboxylic acids is 2. The van der Waals surface area contributed by atoms with Crippen LogP contribution in [0.3, 0.4) is 0 Å². The number of sulfonamides is 1. The summed E-state index contributed by atoms with van der Waals surface area (Å²) in [6.45, 7) is 5.84.